The molecule has 0 N–H and O–H groups in total. The number of rotatable bonds is 6. The summed E-state index contributed by atoms with van der Waals surface area (Å²) in [5.74, 6) is 0.880. The molecular formula is C14H22NO4Si. The molecule has 2 rings (SSSR count). The fraction of sp³-hybridized carbons (Fsp3) is 0.500. The van der Waals surface area contributed by atoms with E-state index in [2.05, 4.69) is 5.16 Å². The van der Waals surface area contributed by atoms with E-state index in [0.29, 0.717) is 19.8 Å². The van der Waals surface area contributed by atoms with Gasteiger partial charge in [0.15, 0.2) is 5.75 Å². The number of para-hydroxylation sites is 1. The third-order valence-electron chi connectivity index (χ3n) is 2.30. The average Bonchev–Trinajstić information content (AvgIpc) is 2.49. The van der Waals surface area contributed by atoms with Crippen molar-refractivity contribution >= 4 is 15.7 Å². The Bertz CT molecular complexity index is 359. The van der Waals surface area contributed by atoms with Crippen LogP contribution < -0.4 is 4.84 Å². The molecule has 111 valence electrons. The lowest BCUT2D eigenvalue weighted by molar-refractivity contribution is 0.107. The molecule has 1 aliphatic heterocycles. The lowest BCUT2D eigenvalue weighted by atomic mass is 10.1. The van der Waals surface area contributed by atoms with Crippen molar-refractivity contribution in [1.82, 2.24) is 0 Å². The Morgan fingerprint density at radius 1 is 1.05 bits per heavy atom. The van der Waals surface area contributed by atoms with Crippen molar-refractivity contribution in [1.29, 1.82) is 0 Å². The second-order valence-electron chi connectivity index (χ2n) is 3.74. The van der Waals surface area contributed by atoms with Crippen molar-refractivity contribution in [3.8, 4) is 5.75 Å². The highest BCUT2D eigenvalue weighted by molar-refractivity contribution is 6.36. The molecular weight excluding hydrogens is 274 g/mol. The maximum absolute atomic E-state index is 5.18. The summed E-state index contributed by atoms with van der Waals surface area (Å²) in [5, 5.41) is 3.69. The number of oxime groups is 1. The van der Waals surface area contributed by atoms with Crippen LogP contribution in [0.15, 0.2) is 29.4 Å². The van der Waals surface area contributed by atoms with Crippen LogP contribution in [-0.4, -0.2) is 35.6 Å². The Morgan fingerprint density at radius 2 is 1.65 bits per heavy atom. The number of benzene rings is 1. The number of hydrogen-bond acceptors (Lipinski definition) is 5. The monoisotopic (exact) mass is 296 g/mol. The molecule has 0 saturated carbocycles. The Kier molecular flexibility index (Phi) is 8.89. The summed E-state index contributed by atoms with van der Waals surface area (Å²) in [6, 6.07) is 7.91. The first-order chi connectivity index (χ1) is 9.81. The van der Waals surface area contributed by atoms with Gasteiger partial charge in [-0.15, -0.1) is 0 Å². The molecule has 1 heterocycles. The third-order valence-corrected chi connectivity index (χ3v) is 3.87. The number of nitrogens with zero attached hydrogens (tertiary/aromatic N) is 1. The van der Waals surface area contributed by atoms with Crippen molar-refractivity contribution in [3.63, 3.8) is 0 Å². The van der Waals surface area contributed by atoms with Crippen LogP contribution in [0, 0.1) is 0 Å². The molecule has 1 aromatic carbocycles. The zero-order valence-corrected chi connectivity index (χ0v) is 13.3. The smallest absolute Gasteiger partial charge is 0.371 e. The highest BCUT2D eigenvalue weighted by Crippen LogP contribution is 2.20. The molecule has 5 nitrogen and oxygen atoms in total. The summed E-state index contributed by atoms with van der Waals surface area (Å²) in [6.07, 6.45) is 2.65. The molecule has 0 bridgehead atoms. The molecule has 0 fully saturated rings. The van der Waals surface area contributed by atoms with Gasteiger partial charge in [0.25, 0.3) is 0 Å². The van der Waals surface area contributed by atoms with E-state index >= 15 is 0 Å². The van der Waals surface area contributed by atoms with Crippen LogP contribution in [0.25, 0.3) is 0 Å². The van der Waals surface area contributed by atoms with Gasteiger partial charge in [0.2, 0.25) is 0 Å². The molecule has 0 aromatic heterocycles. The Balaban J connectivity index is 0.000000200. The Hall–Kier alpha value is -1.21. The Labute approximate surface area is 122 Å². The van der Waals surface area contributed by atoms with E-state index in [4.69, 9.17) is 18.1 Å². The maximum atomic E-state index is 5.18. The minimum Gasteiger partial charge on any atom is -0.371 e. The van der Waals surface area contributed by atoms with E-state index < -0.39 is 9.53 Å². The SMILES string of the molecule is C1=NOc2ccccc2C1.CCO[Si](OCC)OCC. The van der Waals surface area contributed by atoms with Gasteiger partial charge in [0.05, 0.1) is 0 Å². The van der Waals surface area contributed by atoms with Gasteiger partial charge in [0, 0.05) is 38.0 Å². The number of hydrogen-bond donors (Lipinski definition) is 0. The summed E-state index contributed by atoms with van der Waals surface area (Å²) < 4.78 is 15.5. The fourth-order valence-electron chi connectivity index (χ4n) is 1.47. The molecule has 0 atom stereocenters. The van der Waals surface area contributed by atoms with E-state index in [0.717, 1.165) is 12.2 Å². The summed E-state index contributed by atoms with van der Waals surface area (Å²) in [5.41, 5.74) is 1.21. The van der Waals surface area contributed by atoms with Gasteiger partial charge >= 0.3 is 9.53 Å². The van der Waals surface area contributed by atoms with Crippen molar-refractivity contribution in [2.45, 2.75) is 27.2 Å². The first-order valence-electron chi connectivity index (χ1n) is 6.83. The molecule has 1 aliphatic rings. The zero-order valence-electron chi connectivity index (χ0n) is 12.3. The molecule has 6 heteroatoms. The molecule has 0 saturated heterocycles. The third kappa shape index (κ3) is 6.29. The second-order valence-corrected chi connectivity index (χ2v) is 5.11. The van der Waals surface area contributed by atoms with E-state index in [-0.39, 0.29) is 0 Å². The van der Waals surface area contributed by atoms with Crippen LogP contribution in [0.3, 0.4) is 0 Å². The molecule has 0 unspecified atom stereocenters. The minimum atomic E-state index is -1.40. The molecule has 1 aromatic rings. The Morgan fingerprint density at radius 3 is 2.20 bits per heavy atom. The van der Waals surface area contributed by atoms with Gasteiger partial charge in [-0.1, -0.05) is 23.4 Å². The molecule has 0 amide bonds. The van der Waals surface area contributed by atoms with Crippen LogP contribution in [0.4, 0.5) is 0 Å². The second kappa shape index (κ2) is 10.6. The van der Waals surface area contributed by atoms with Crippen LogP contribution >= 0.6 is 0 Å². The first-order valence-corrected chi connectivity index (χ1v) is 8.06. The molecule has 1 radical (unpaired) electrons. The first kappa shape index (κ1) is 16.8. The lowest BCUT2D eigenvalue weighted by Crippen LogP contribution is -2.27. The van der Waals surface area contributed by atoms with E-state index in [1.54, 1.807) is 6.21 Å². The molecule has 0 aliphatic carbocycles. The van der Waals surface area contributed by atoms with Crippen LogP contribution in [0.5, 0.6) is 5.75 Å². The minimum absolute atomic E-state index is 0.661. The quantitative estimate of drug-likeness (QED) is 0.757. The highest BCUT2D eigenvalue weighted by atomic mass is 28.3. The van der Waals surface area contributed by atoms with Gasteiger partial charge in [-0.3, -0.25) is 0 Å². The summed E-state index contributed by atoms with van der Waals surface area (Å²) in [4.78, 5) is 4.99. The van der Waals surface area contributed by atoms with E-state index in [1.165, 1.54) is 5.56 Å². The fourth-order valence-corrected chi connectivity index (χ4v) is 2.43. The highest BCUT2D eigenvalue weighted by Gasteiger charge is 2.15. The van der Waals surface area contributed by atoms with Gasteiger partial charge in [0.1, 0.15) is 0 Å². The zero-order chi connectivity index (χ0) is 14.6. The van der Waals surface area contributed by atoms with Crippen LogP contribution in [0.2, 0.25) is 0 Å². The van der Waals surface area contributed by atoms with Crippen molar-refractivity contribution < 1.29 is 18.1 Å². The van der Waals surface area contributed by atoms with Crippen molar-refractivity contribution in [2.75, 3.05) is 19.8 Å². The summed E-state index contributed by atoms with van der Waals surface area (Å²) >= 11 is 0. The standard InChI is InChI=1S/C8H7NO.C6H15O3Si/c1-2-4-8-7(3-1)5-6-9-10-8;1-4-7-10(8-5-2)9-6-3/h1-4,6H,5H2;4-6H2,1-3H3. The molecule has 0 spiro atoms. The maximum Gasteiger partial charge on any atom is 0.577 e. The topological polar surface area (TPSA) is 49.3 Å². The van der Waals surface area contributed by atoms with E-state index in [9.17, 15) is 0 Å². The largest absolute Gasteiger partial charge is 0.577 e. The van der Waals surface area contributed by atoms with Gasteiger partial charge in [-0.2, -0.15) is 0 Å². The lowest BCUT2D eigenvalue weighted by Gasteiger charge is -2.10. The van der Waals surface area contributed by atoms with Gasteiger partial charge < -0.3 is 18.1 Å². The van der Waals surface area contributed by atoms with Crippen LogP contribution in [-0.2, 0) is 19.7 Å². The van der Waals surface area contributed by atoms with Crippen LogP contribution in [0.1, 0.15) is 26.3 Å². The summed E-state index contributed by atoms with van der Waals surface area (Å²) in [7, 11) is -1.40. The average molecular weight is 296 g/mol. The number of fused-ring (bicyclic) bond motifs is 1. The van der Waals surface area contributed by atoms with Crippen molar-refractivity contribution in [2.24, 2.45) is 5.16 Å². The normalized spacial score (nSPS) is 12.4. The predicted molar refractivity (Wildman–Crippen MR) is 79.9 cm³/mol. The van der Waals surface area contributed by atoms with Gasteiger partial charge in [-0.25, -0.2) is 0 Å². The van der Waals surface area contributed by atoms with E-state index in [1.807, 2.05) is 45.0 Å². The van der Waals surface area contributed by atoms with Gasteiger partial charge in [-0.05, 0) is 26.8 Å². The summed E-state index contributed by atoms with van der Waals surface area (Å²) in [6.45, 7) is 7.78. The van der Waals surface area contributed by atoms with Crippen molar-refractivity contribution in [3.05, 3.63) is 29.8 Å². The predicted octanol–water partition coefficient (Wildman–Crippen LogP) is 2.69. The molecule has 20 heavy (non-hydrogen) atoms.